The molecule has 0 aliphatic rings. The van der Waals surface area contributed by atoms with Crippen molar-refractivity contribution < 1.29 is 4.79 Å². The number of hydrogen-bond acceptors (Lipinski definition) is 5. The molecule has 3 aromatic rings. The van der Waals surface area contributed by atoms with Gasteiger partial charge in [0, 0.05) is 18.0 Å². The van der Waals surface area contributed by atoms with Crippen molar-refractivity contribution in [3.8, 4) is 11.3 Å². The number of rotatable bonds is 7. The van der Waals surface area contributed by atoms with Crippen molar-refractivity contribution in [3.63, 3.8) is 0 Å². The van der Waals surface area contributed by atoms with E-state index in [9.17, 15) is 4.79 Å². The van der Waals surface area contributed by atoms with E-state index < -0.39 is 11.9 Å². The maximum atomic E-state index is 11.5. The number of nitrogens with two attached hydrogens (primary N) is 1. The summed E-state index contributed by atoms with van der Waals surface area (Å²) in [5.41, 5.74) is 10.3. The van der Waals surface area contributed by atoms with E-state index >= 15 is 0 Å². The first-order valence-electron chi connectivity index (χ1n) is 9.43. The highest BCUT2D eigenvalue weighted by Gasteiger charge is 2.16. The summed E-state index contributed by atoms with van der Waals surface area (Å²) in [6, 6.07) is 7.97. The lowest BCUT2D eigenvalue weighted by molar-refractivity contribution is -0.121. The Morgan fingerprint density at radius 2 is 1.93 bits per heavy atom. The van der Waals surface area contributed by atoms with E-state index in [1.54, 1.807) is 23.3 Å². The molecular weight excluding hydrogens is 352 g/mol. The van der Waals surface area contributed by atoms with Crippen LogP contribution < -0.4 is 11.1 Å². The van der Waals surface area contributed by atoms with E-state index in [0.717, 1.165) is 16.8 Å². The Morgan fingerprint density at radius 1 is 1.21 bits per heavy atom. The number of hydrogen-bond donors (Lipinski definition) is 2. The summed E-state index contributed by atoms with van der Waals surface area (Å²) < 4.78 is 1.56. The quantitative estimate of drug-likeness (QED) is 0.648. The zero-order valence-electron chi connectivity index (χ0n) is 16.7. The molecule has 1 unspecified atom stereocenters. The highest BCUT2D eigenvalue weighted by Crippen LogP contribution is 2.25. The van der Waals surface area contributed by atoms with Crippen molar-refractivity contribution in [1.29, 1.82) is 0 Å². The minimum absolute atomic E-state index is 0.407. The van der Waals surface area contributed by atoms with Gasteiger partial charge in [-0.1, -0.05) is 45.0 Å². The fraction of sp³-hybridized carbons (Fsp3) is 0.333. The van der Waals surface area contributed by atoms with E-state index in [2.05, 4.69) is 58.5 Å². The van der Waals surface area contributed by atoms with Crippen molar-refractivity contribution >= 4 is 17.5 Å². The number of nitrogens with zero attached hydrogens (tertiary/aromatic N) is 4. The zero-order chi connectivity index (χ0) is 20.3. The number of aromatic nitrogens is 4. The highest BCUT2D eigenvalue weighted by molar-refractivity contribution is 5.78. The lowest BCUT2D eigenvalue weighted by Gasteiger charge is -2.11. The number of amides is 1. The minimum Gasteiger partial charge on any atom is -0.368 e. The summed E-state index contributed by atoms with van der Waals surface area (Å²) in [6.45, 7) is 8.24. The molecule has 7 heteroatoms. The molecule has 0 aliphatic carbocycles. The maximum absolute atomic E-state index is 11.5. The van der Waals surface area contributed by atoms with Gasteiger partial charge in [0.1, 0.15) is 6.04 Å². The molecule has 0 saturated carbocycles. The first kappa shape index (κ1) is 19.5. The summed E-state index contributed by atoms with van der Waals surface area (Å²) in [7, 11) is 0. The molecule has 0 aliphatic heterocycles. The van der Waals surface area contributed by atoms with E-state index in [-0.39, 0.29) is 0 Å². The van der Waals surface area contributed by atoms with Gasteiger partial charge in [-0.25, -0.2) is 9.97 Å². The van der Waals surface area contributed by atoms with Crippen LogP contribution in [0.1, 0.15) is 50.3 Å². The van der Waals surface area contributed by atoms with Gasteiger partial charge in [-0.3, -0.25) is 9.48 Å². The van der Waals surface area contributed by atoms with Crippen molar-refractivity contribution in [1.82, 2.24) is 19.7 Å². The molecule has 7 nitrogen and oxygen atoms in total. The first-order chi connectivity index (χ1) is 13.4. The Balaban J connectivity index is 1.84. The summed E-state index contributed by atoms with van der Waals surface area (Å²) in [5, 5.41) is 7.38. The molecule has 1 amide bonds. The Hall–Kier alpha value is -3.22. The monoisotopic (exact) mass is 378 g/mol. The lowest BCUT2D eigenvalue weighted by atomic mass is 10.00. The fourth-order valence-corrected chi connectivity index (χ4v) is 3.04. The van der Waals surface area contributed by atoms with Crippen LogP contribution in [0, 0.1) is 6.92 Å². The molecule has 2 aromatic heterocycles. The first-order valence-corrected chi connectivity index (χ1v) is 9.43. The van der Waals surface area contributed by atoms with Gasteiger partial charge >= 0.3 is 0 Å². The van der Waals surface area contributed by atoms with Crippen LogP contribution in [0.15, 0.2) is 42.9 Å². The minimum atomic E-state index is -0.468. The van der Waals surface area contributed by atoms with Crippen molar-refractivity contribution in [2.45, 2.75) is 46.1 Å². The lowest BCUT2D eigenvalue weighted by Crippen LogP contribution is -2.26. The summed E-state index contributed by atoms with van der Waals surface area (Å²) >= 11 is 0. The van der Waals surface area contributed by atoms with Gasteiger partial charge in [0.15, 0.2) is 0 Å². The number of nitrogens with one attached hydrogen (secondary N) is 1. The summed E-state index contributed by atoms with van der Waals surface area (Å²) in [6.07, 6.45) is 5.74. The second-order valence-electron chi connectivity index (χ2n) is 7.16. The van der Waals surface area contributed by atoms with Crippen LogP contribution in [-0.4, -0.2) is 25.7 Å². The van der Waals surface area contributed by atoms with Crippen molar-refractivity contribution in [2.24, 2.45) is 5.73 Å². The second kappa shape index (κ2) is 8.21. The van der Waals surface area contributed by atoms with Gasteiger partial charge in [0.05, 0.1) is 17.6 Å². The van der Waals surface area contributed by atoms with Crippen LogP contribution in [0.25, 0.3) is 11.3 Å². The normalized spacial score (nSPS) is 12.2. The van der Waals surface area contributed by atoms with E-state index in [1.807, 2.05) is 13.8 Å². The van der Waals surface area contributed by atoms with Gasteiger partial charge in [0.2, 0.25) is 11.9 Å². The third-order valence-corrected chi connectivity index (χ3v) is 4.71. The number of aryl methyl sites for hydroxylation is 1. The molecule has 0 saturated heterocycles. The topological polar surface area (TPSA) is 98.7 Å². The third-order valence-electron chi connectivity index (χ3n) is 4.71. The second-order valence-corrected chi connectivity index (χ2v) is 7.16. The SMILES string of the molecule is CCC(C(N)=O)n1cc(Nc2ncc(C)c(-c3ccc(C(C)C)cc3)n2)cn1. The molecule has 0 spiro atoms. The smallest absolute Gasteiger partial charge is 0.242 e. The van der Waals surface area contributed by atoms with Gasteiger partial charge < -0.3 is 11.1 Å². The highest BCUT2D eigenvalue weighted by atomic mass is 16.1. The molecule has 1 atom stereocenters. The standard InChI is InChI=1S/C21H26N6O/c1-5-18(20(22)28)27-12-17(11-24-27)25-21-23-10-14(4)19(26-21)16-8-6-15(7-9-16)13(2)3/h6-13,18H,5H2,1-4H3,(H2,22,28)(H,23,25,26). The average molecular weight is 378 g/mol. The van der Waals surface area contributed by atoms with Crippen LogP contribution in [0.3, 0.4) is 0 Å². The van der Waals surface area contributed by atoms with E-state index in [4.69, 9.17) is 5.73 Å². The summed E-state index contributed by atoms with van der Waals surface area (Å²) in [5.74, 6) is 0.553. The third kappa shape index (κ3) is 4.19. The Labute approximate surface area is 165 Å². The summed E-state index contributed by atoms with van der Waals surface area (Å²) in [4.78, 5) is 20.6. The molecule has 1 aromatic carbocycles. The number of benzene rings is 1. The molecule has 3 N–H and O–H groups in total. The Kier molecular flexibility index (Phi) is 5.73. The average Bonchev–Trinajstić information content (AvgIpc) is 3.11. The Bertz CT molecular complexity index is 961. The van der Waals surface area contributed by atoms with Crippen LogP contribution in [0.4, 0.5) is 11.6 Å². The number of carbonyl (C=O) groups excluding carboxylic acids is 1. The van der Waals surface area contributed by atoms with Crippen LogP contribution in [0.5, 0.6) is 0 Å². The van der Waals surface area contributed by atoms with Crippen molar-refractivity contribution in [2.75, 3.05) is 5.32 Å². The van der Waals surface area contributed by atoms with E-state index in [1.165, 1.54) is 5.56 Å². The molecule has 0 bridgehead atoms. The number of anilines is 2. The molecule has 3 rings (SSSR count). The predicted molar refractivity (Wildman–Crippen MR) is 110 cm³/mol. The van der Waals surface area contributed by atoms with Gasteiger partial charge in [0.25, 0.3) is 0 Å². The zero-order valence-corrected chi connectivity index (χ0v) is 16.7. The number of carbonyl (C=O) groups is 1. The molecular formula is C21H26N6O. The predicted octanol–water partition coefficient (Wildman–Crippen LogP) is 3.95. The molecule has 0 radical (unpaired) electrons. The van der Waals surface area contributed by atoms with Crippen molar-refractivity contribution in [3.05, 3.63) is 54.0 Å². The van der Waals surface area contributed by atoms with Gasteiger partial charge in [-0.05, 0) is 30.4 Å². The van der Waals surface area contributed by atoms with Gasteiger partial charge in [-0.2, -0.15) is 5.10 Å². The van der Waals surface area contributed by atoms with Crippen LogP contribution in [0.2, 0.25) is 0 Å². The maximum Gasteiger partial charge on any atom is 0.242 e. The largest absolute Gasteiger partial charge is 0.368 e. The van der Waals surface area contributed by atoms with Crippen LogP contribution in [-0.2, 0) is 4.79 Å². The van der Waals surface area contributed by atoms with Gasteiger partial charge in [-0.15, -0.1) is 0 Å². The molecule has 28 heavy (non-hydrogen) atoms. The molecule has 0 fully saturated rings. The van der Waals surface area contributed by atoms with E-state index in [0.29, 0.717) is 24.0 Å². The fourth-order valence-electron chi connectivity index (χ4n) is 3.04. The Morgan fingerprint density at radius 3 is 2.54 bits per heavy atom. The molecule has 2 heterocycles. The van der Waals surface area contributed by atoms with Crippen LogP contribution >= 0.6 is 0 Å². The molecule has 146 valence electrons. The number of primary amides is 1.